The van der Waals surface area contributed by atoms with Gasteiger partial charge in [0, 0.05) is 13.1 Å². The number of nitrogens with zero attached hydrogens (tertiary/aromatic N) is 2. The van der Waals surface area contributed by atoms with E-state index in [0.29, 0.717) is 42.5 Å². The van der Waals surface area contributed by atoms with Crippen molar-refractivity contribution in [1.82, 2.24) is 9.80 Å². The van der Waals surface area contributed by atoms with Crippen LogP contribution in [0.4, 0.5) is 0 Å². The number of carbonyl (C=O) groups excluding carboxylic acids is 2. The summed E-state index contributed by atoms with van der Waals surface area (Å²) in [6.07, 6.45) is 1.51. The zero-order chi connectivity index (χ0) is 24.1. The fourth-order valence-electron chi connectivity index (χ4n) is 3.27. The van der Waals surface area contributed by atoms with Gasteiger partial charge in [-0.3, -0.25) is 19.4 Å². The van der Waals surface area contributed by atoms with Gasteiger partial charge in [0.15, 0.2) is 16.6 Å². The van der Waals surface area contributed by atoms with Gasteiger partial charge in [-0.15, -0.1) is 0 Å². The Balaban J connectivity index is 1.87. The number of hydrogen-bond acceptors (Lipinski definition) is 7. The van der Waals surface area contributed by atoms with E-state index in [4.69, 9.17) is 31.2 Å². The number of rotatable bonds is 9. The second-order valence-electron chi connectivity index (χ2n) is 6.94. The van der Waals surface area contributed by atoms with Gasteiger partial charge in [-0.2, -0.15) is 0 Å². The second-order valence-corrected chi connectivity index (χ2v) is 7.30. The summed E-state index contributed by atoms with van der Waals surface area (Å²) >= 11 is 5.28. The average Bonchev–Trinajstić information content (AvgIpc) is 3.26. The van der Waals surface area contributed by atoms with Gasteiger partial charge in [-0.25, -0.2) is 4.79 Å². The molecule has 1 fully saturated rings. The standard InChI is InChI=1S/C23H24N2O7S/c1-4-24-20(26)16(21(27)25(5-2)23(24)33)11-14-7-9-17(19(12-14)30-6-3)31-13-15-8-10-18(32-15)22(28)29/h7-12H,4-6,13H2,1-3H3,(H,28,29). The minimum atomic E-state index is -1.16. The molecule has 1 aromatic heterocycles. The maximum Gasteiger partial charge on any atom is 0.371 e. The highest BCUT2D eigenvalue weighted by Crippen LogP contribution is 2.31. The molecular formula is C23H24N2O7S. The molecule has 0 radical (unpaired) electrons. The van der Waals surface area contributed by atoms with Crippen molar-refractivity contribution in [2.24, 2.45) is 0 Å². The number of hydrogen-bond donors (Lipinski definition) is 1. The molecule has 33 heavy (non-hydrogen) atoms. The van der Waals surface area contributed by atoms with Gasteiger partial charge in [0.25, 0.3) is 11.8 Å². The number of amides is 2. The lowest BCUT2D eigenvalue weighted by molar-refractivity contribution is -0.133. The van der Waals surface area contributed by atoms with Crippen molar-refractivity contribution in [1.29, 1.82) is 0 Å². The van der Waals surface area contributed by atoms with E-state index in [0.717, 1.165) is 0 Å². The van der Waals surface area contributed by atoms with Crippen molar-refractivity contribution in [3.8, 4) is 11.5 Å². The van der Waals surface area contributed by atoms with Crippen molar-refractivity contribution < 1.29 is 33.4 Å². The third-order valence-corrected chi connectivity index (χ3v) is 5.31. The van der Waals surface area contributed by atoms with E-state index in [1.54, 1.807) is 32.0 Å². The van der Waals surface area contributed by atoms with Gasteiger partial charge >= 0.3 is 5.97 Å². The van der Waals surface area contributed by atoms with Crippen molar-refractivity contribution in [2.45, 2.75) is 27.4 Å². The van der Waals surface area contributed by atoms with Crippen LogP contribution in [0.1, 0.15) is 42.6 Å². The summed E-state index contributed by atoms with van der Waals surface area (Å²) in [6.45, 7) is 6.47. The smallest absolute Gasteiger partial charge is 0.371 e. The highest BCUT2D eigenvalue weighted by Gasteiger charge is 2.37. The molecule has 1 saturated heterocycles. The predicted molar refractivity (Wildman–Crippen MR) is 123 cm³/mol. The van der Waals surface area contributed by atoms with Gasteiger partial charge in [0.2, 0.25) is 5.76 Å². The topological polar surface area (TPSA) is 110 Å². The molecule has 2 heterocycles. The fraction of sp³-hybridized carbons (Fsp3) is 0.304. The monoisotopic (exact) mass is 472 g/mol. The summed E-state index contributed by atoms with van der Waals surface area (Å²) in [5.74, 6) is -1.07. The average molecular weight is 473 g/mol. The van der Waals surface area contributed by atoms with Crippen LogP contribution in [-0.2, 0) is 16.2 Å². The third kappa shape index (κ3) is 5.06. The Bertz CT molecular complexity index is 1090. The molecule has 0 unspecified atom stereocenters. The van der Waals surface area contributed by atoms with Crippen LogP contribution < -0.4 is 9.47 Å². The first-order chi connectivity index (χ1) is 15.8. The van der Waals surface area contributed by atoms with Gasteiger partial charge < -0.3 is 19.0 Å². The Morgan fingerprint density at radius 3 is 2.24 bits per heavy atom. The largest absolute Gasteiger partial charge is 0.490 e. The summed E-state index contributed by atoms with van der Waals surface area (Å²) in [4.78, 5) is 39.4. The van der Waals surface area contributed by atoms with Crippen molar-refractivity contribution in [2.75, 3.05) is 19.7 Å². The minimum Gasteiger partial charge on any atom is -0.490 e. The van der Waals surface area contributed by atoms with Crippen molar-refractivity contribution >= 4 is 41.2 Å². The summed E-state index contributed by atoms with van der Waals surface area (Å²) in [5, 5.41) is 9.16. The summed E-state index contributed by atoms with van der Waals surface area (Å²) in [6, 6.07) is 7.87. The lowest BCUT2D eigenvalue weighted by Gasteiger charge is -2.35. The van der Waals surface area contributed by atoms with Gasteiger partial charge in [-0.1, -0.05) is 6.07 Å². The molecule has 2 aromatic rings. The molecule has 3 rings (SSSR count). The van der Waals surface area contributed by atoms with E-state index >= 15 is 0 Å². The maximum absolute atomic E-state index is 12.8. The predicted octanol–water partition coefficient (Wildman–Crippen LogP) is 3.33. The number of carboxylic acid groups (broad SMARTS) is 1. The number of benzene rings is 1. The van der Waals surface area contributed by atoms with E-state index in [2.05, 4.69) is 0 Å². The van der Waals surface area contributed by atoms with Crippen LogP contribution in [0.5, 0.6) is 11.5 Å². The molecule has 0 spiro atoms. The van der Waals surface area contributed by atoms with E-state index in [-0.39, 0.29) is 23.1 Å². The Kier molecular flexibility index (Phi) is 7.49. The van der Waals surface area contributed by atoms with Crippen molar-refractivity contribution in [3.63, 3.8) is 0 Å². The second kappa shape index (κ2) is 10.3. The zero-order valence-corrected chi connectivity index (χ0v) is 19.3. The highest BCUT2D eigenvalue weighted by atomic mass is 32.1. The molecule has 0 atom stereocenters. The van der Waals surface area contributed by atoms with Crippen LogP contribution in [0.15, 0.2) is 40.3 Å². The fourth-order valence-corrected chi connectivity index (χ4v) is 3.69. The summed E-state index contributed by atoms with van der Waals surface area (Å²) in [7, 11) is 0. The minimum absolute atomic E-state index is 0.000866. The first kappa shape index (κ1) is 24.0. The molecular weight excluding hydrogens is 448 g/mol. The molecule has 1 N–H and O–H groups in total. The molecule has 174 valence electrons. The molecule has 2 amide bonds. The van der Waals surface area contributed by atoms with E-state index in [1.165, 1.54) is 28.0 Å². The quantitative estimate of drug-likeness (QED) is 0.336. The molecule has 0 bridgehead atoms. The van der Waals surface area contributed by atoms with Gasteiger partial charge in [0.1, 0.15) is 17.9 Å². The van der Waals surface area contributed by atoms with Gasteiger partial charge in [-0.05, 0) is 68.9 Å². The van der Waals surface area contributed by atoms with E-state index < -0.39 is 17.8 Å². The Labute approximate surface area is 196 Å². The summed E-state index contributed by atoms with van der Waals surface area (Å²) in [5.41, 5.74) is 0.591. The first-order valence-corrected chi connectivity index (χ1v) is 10.8. The lowest BCUT2D eigenvalue weighted by Crippen LogP contribution is -2.55. The highest BCUT2D eigenvalue weighted by molar-refractivity contribution is 7.80. The van der Waals surface area contributed by atoms with E-state index in [9.17, 15) is 14.4 Å². The Hall–Kier alpha value is -3.66. The van der Waals surface area contributed by atoms with Crippen LogP contribution in [0.25, 0.3) is 6.08 Å². The number of likely N-dealkylation sites (N-methyl/N-ethyl adjacent to an activating group) is 2. The normalized spacial score (nSPS) is 14.0. The van der Waals surface area contributed by atoms with Crippen LogP contribution in [0.2, 0.25) is 0 Å². The Morgan fingerprint density at radius 2 is 1.70 bits per heavy atom. The lowest BCUT2D eigenvalue weighted by atomic mass is 10.1. The van der Waals surface area contributed by atoms with E-state index in [1.807, 2.05) is 6.92 Å². The Morgan fingerprint density at radius 1 is 1.03 bits per heavy atom. The number of ether oxygens (including phenoxy) is 2. The van der Waals surface area contributed by atoms with Crippen LogP contribution >= 0.6 is 12.2 Å². The maximum atomic E-state index is 12.8. The number of aromatic carboxylic acids is 1. The van der Waals surface area contributed by atoms with Crippen LogP contribution in [0.3, 0.4) is 0 Å². The number of carbonyl (C=O) groups is 3. The SMILES string of the molecule is CCOc1cc(C=C2C(=O)N(CC)C(=S)N(CC)C2=O)ccc1OCc1ccc(C(=O)O)o1. The van der Waals surface area contributed by atoms with Gasteiger partial charge in [0.05, 0.1) is 6.61 Å². The van der Waals surface area contributed by atoms with Crippen LogP contribution in [-0.4, -0.2) is 57.5 Å². The molecule has 10 heteroatoms. The zero-order valence-electron chi connectivity index (χ0n) is 18.5. The summed E-state index contributed by atoms with van der Waals surface area (Å²) < 4.78 is 16.6. The molecule has 0 aliphatic carbocycles. The van der Waals surface area contributed by atoms with Crippen molar-refractivity contribution in [3.05, 3.63) is 53.0 Å². The molecule has 1 aliphatic heterocycles. The molecule has 9 nitrogen and oxygen atoms in total. The molecule has 1 aliphatic rings. The molecule has 0 saturated carbocycles. The number of carboxylic acids is 1. The first-order valence-electron chi connectivity index (χ1n) is 10.4. The number of furan rings is 1. The van der Waals surface area contributed by atoms with Crippen LogP contribution in [0, 0.1) is 0 Å². The molecule has 1 aromatic carbocycles. The number of thiocarbonyl (C=S) groups is 1. The third-order valence-electron chi connectivity index (χ3n) is 4.87.